The van der Waals surface area contributed by atoms with Gasteiger partial charge < -0.3 is 0 Å². The summed E-state index contributed by atoms with van der Waals surface area (Å²) in [6.45, 7) is 1.66. The van der Waals surface area contributed by atoms with Gasteiger partial charge in [-0.1, -0.05) is 42.8 Å². The Labute approximate surface area is 138 Å². The maximum absolute atomic E-state index is 13.1. The molecule has 0 aliphatic carbocycles. The molecule has 1 N–H and O–H groups in total. The van der Waals surface area contributed by atoms with Crippen molar-refractivity contribution in [3.05, 3.63) is 70.5 Å². The summed E-state index contributed by atoms with van der Waals surface area (Å²) in [5.74, 6) is -1.30. The van der Waals surface area contributed by atoms with Gasteiger partial charge in [0.2, 0.25) is 5.91 Å². The molecule has 3 nitrogen and oxygen atoms in total. The van der Waals surface area contributed by atoms with Crippen LogP contribution in [0.5, 0.6) is 0 Å². The number of benzene rings is 2. The van der Waals surface area contributed by atoms with E-state index in [-0.39, 0.29) is 17.9 Å². The van der Waals surface area contributed by atoms with E-state index in [1.165, 1.54) is 24.3 Å². The van der Waals surface area contributed by atoms with Gasteiger partial charge in [0.1, 0.15) is 5.82 Å². The van der Waals surface area contributed by atoms with Crippen LogP contribution in [0.15, 0.2) is 48.5 Å². The summed E-state index contributed by atoms with van der Waals surface area (Å²) in [5, 5.41) is 2.89. The third-order valence-electron chi connectivity index (χ3n) is 3.15. The van der Waals surface area contributed by atoms with Crippen molar-refractivity contribution in [3.8, 4) is 0 Å². The van der Waals surface area contributed by atoms with Gasteiger partial charge in [-0.3, -0.25) is 14.9 Å². The van der Waals surface area contributed by atoms with Crippen LogP contribution in [0.3, 0.4) is 0 Å². The predicted molar refractivity (Wildman–Crippen MR) is 89.2 cm³/mol. The maximum atomic E-state index is 13.1. The molecule has 0 saturated heterocycles. The molecule has 2 rings (SSSR count). The average Bonchev–Trinajstić information content (AvgIpc) is 2.55. The monoisotopic (exact) mass is 331 g/mol. The topological polar surface area (TPSA) is 46.2 Å². The van der Waals surface area contributed by atoms with Crippen molar-refractivity contribution in [1.29, 1.82) is 0 Å². The molecule has 0 atom stereocenters. The number of halogens is 2. The van der Waals surface area contributed by atoms with Crippen molar-refractivity contribution in [2.24, 2.45) is 0 Å². The lowest BCUT2D eigenvalue weighted by Gasteiger charge is -2.08. The molecule has 0 unspecified atom stereocenters. The molecule has 0 aliphatic heterocycles. The summed E-state index contributed by atoms with van der Waals surface area (Å²) >= 11 is 5.85. The normalized spacial score (nSPS) is 11.2. The molecule has 2 aromatic carbocycles. The second-order valence-electron chi connectivity index (χ2n) is 4.85. The van der Waals surface area contributed by atoms with Crippen LogP contribution >= 0.6 is 11.6 Å². The molecule has 0 aromatic heterocycles. The van der Waals surface area contributed by atoms with Crippen molar-refractivity contribution in [2.45, 2.75) is 13.3 Å². The fourth-order valence-corrected chi connectivity index (χ4v) is 2.04. The van der Waals surface area contributed by atoms with Gasteiger partial charge in [0.25, 0.3) is 5.91 Å². The minimum Gasteiger partial charge on any atom is -0.292 e. The van der Waals surface area contributed by atoms with Crippen LogP contribution in [0.1, 0.15) is 24.5 Å². The van der Waals surface area contributed by atoms with E-state index in [9.17, 15) is 14.0 Å². The van der Waals surface area contributed by atoms with E-state index in [4.69, 9.17) is 11.6 Å². The van der Waals surface area contributed by atoms with Gasteiger partial charge in [0.05, 0.1) is 0 Å². The average molecular weight is 332 g/mol. The lowest BCUT2D eigenvalue weighted by atomic mass is 10.0. The van der Waals surface area contributed by atoms with Crippen LogP contribution < -0.4 is 5.32 Å². The van der Waals surface area contributed by atoms with Crippen LogP contribution in [0.25, 0.3) is 11.6 Å². The Morgan fingerprint density at radius 2 is 1.70 bits per heavy atom. The molecular formula is C18H15ClFNO2. The van der Waals surface area contributed by atoms with Crippen molar-refractivity contribution in [1.82, 2.24) is 5.32 Å². The van der Waals surface area contributed by atoms with Gasteiger partial charge in [-0.25, -0.2) is 4.39 Å². The van der Waals surface area contributed by atoms with Crippen LogP contribution in [-0.4, -0.2) is 11.8 Å². The Morgan fingerprint density at radius 1 is 1.09 bits per heavy atom. The molecular weight excluding hydrogens is 317 g/mol. The number of carbonyl (C=O) groups is 2. The summed E-state index contributed by atoms with van der Waals surface area (Å²) in [6.07, 6.45) is 1.82. The van der Waals surface area contributed by atoms with Crippen molar-refractivity contribution >= 4 is 35.1 Å². The Morgan fingerprint density at radius 3 is 2.26 bits per heavy atom. The molecule has 0 spiro atoms. The quantitative estimate of drug-likeness (QED) is 0.678. The number of imide groups is 1. The molecule has 23 heavy (non-hydrogen) atoms. The fraction of sp³-hybridized carbons (Fsp3) is 0.111. The highest BCUT2D eigenvalue weighted by atomic mass is 35.5. The molecule has 0 bridgehead atoms. The summed E-state index contributed by atoms with van der Waals surface area (Å²) in [4.78, 5) is 23.8. The van der Waals surface area contributed by atoms with E-state index in [0.717, 1.165) is 5.56 Å². The van der Waals surface area contributed by atoms with Crippen LogP contribution in [-0.2, 0) is 9.59 Å². The number of rotatable bonds is 4. The molecule has 0 heterocycles. The second kappa shape index (κ2) is 7.70. The van der Waals surface area contributed by atoms with Gasteiger partial charge in [-0.05, 0) is 41.5 Å². The molecule has 0 fully saturated rings. The summed E-state index contributed by atoms with van der Waals surface area (Å²) in [7, 11) is 0. The smallest absolute Gasteiger partial charge is 0.258 e. The Balaban J connectivity index is 2.41. The zero-order chi connectivity index (χ0) is 16.8. The number of hydrogen-bond donors (Lipinski definition) is 1. The molecule has 0 saturated carbocycles. The van der Waals surface area contributed by atoms with E-state index >= 15 is 0 Å². The maximum Gasteiger partial charge on any atom is 0.258 e. The minimum atomic E-state index is -0.529. The highest BCUT2D eigenvalue weighted by molar-refractivity contribution is 6.30. The lowest BCUT2D eigenvalue weighted by Crippen LogP contribution is -2.30. The number of amides is 2. The van der Waals surface area contributed by atoms with E-state index in [2.05, 4.69) is 5.32 Å². The van der Waals surface area contributed by atoms with Gasteiger partial charge in [-0.15, -0.1) is 0 Å². The largest absolute Gasteiger partial charge is 0.292 e. The third kappa shape index (κ3) is 4.76. The number of hydrogen-bond acceptors (Lipinski definition) is 2. The van der Waals surface area contributed by atoms with Crippen LogP contribution in [0.4, 0.5) is 4.39 Å². The predicted octanol–water partition coefficient (Wildman–Crippen LogP) is 4.07. The SMILES string of the molecule is CCC(=O)NC(=O)/C(=C/c1ccc(Cl)cc1)c1ccc(F)cc1. The summed E-state index contributed by atoms with van der Waals surface area (Å²) in [5.41, 5.74) is 1.53. The van der Waals surface area contributed by atoms with Gasteiger partial charge >= 0.3 is 0 Å². The molecule has 2 aromatic rings. The van der Waals surface area contributed by atoms with E-state index in [0.29, 0.717) is 10.6 Å². The molecule has 118 valence electrons. The van der Waals surface area contributed by atoms with E-state index < -0.39 is 11.7 Å². The van der Waals surface area contributed by atoms with Gasteiger partial charge in [-0.2, -0.15) is 0 Å². The lowest BCUT2D eigenvalue weighted by molar-refractivity contribution is -0.127. The standard InChI is InChI=1S/C18H15ClFNO2/c1-2-17(22)21-18(23)16(13-5-9-15(20)10-6-13)11-12-3-7-14(19)8-4-12/h3-11H,2H2,1H3,(H,21,22,23)/b16-11+. The number of nitrogens with one attached hydrogen (secondary N) is 1. The Bertz CT molecular complexity index is 737. The first kappa shape index (κ1) is 16.9. The summed E-state index contributed by atoms with van der Waals surface area (Å²) < 4.78 is 13.1. The van der Waals surface area contributed by atoms with E-state index in [1.54, 1.807) is 37.3 Å². The van der Waals surface area contributed by atoms with Crippen LogP contribution in [0, 0.1) is 5.82 Å². The molecule has 5 heteroatoms. The zero-order valence-electron chi connectivity index (χ0n) is 12.5. The first-order chi connectivity index (χ1) is 11.0. The van der Waals surface area contributed by atoms with Crippen molar-refractivity contribution in [2.75, 3.05) is 0 Å². The minimum absolute atomic E-state index is 0.198. The van der Waals surface area contributed by atoms with Gasteiger partial charge in [0, 0.05) is 17.0 Å². The van der Waals surface area contributed by atoms with Crippen LogP contribution in [0.2, 0.25) is 5.02 Å². The fourth-order valence-electron chi connectivity index (χ4n) is 1.92. The number of carbonyl (C=O) groups excluding carboxylic acids is 2. The highest BCUT2D eigenvalue weighted by Gasteiger charge is 2.14. The van der Waals surface area contributed by atoms with Crippen molar-refractivity contribution < 1.29 is 14.0 Å². The van der Waals surface area contributed by atoms with Gasteiger partial charge in [0.15, 0.2) is 0 Å². The summed E-state index contributed by atoms with van der Waals surface area (Å²) in [6, 6.07) is 12.4. The zero-order valence-corrected chi connectivity index (χ0v) is 13.2. The van der Waals surface area contributed by atoms with E-state index in [1.807, 2.05) is 0 Å². The first-order valence-corrected chi connectivity index (χ1v) is 7.44. The molecule has 2 amide bonds. The first-order valence-electron chi connectivity index (χ1n) is 7.07. The molecule has 0 radical (unpaired) electrons. The Kier molecular flexibility index (Phi) is 5.66. The third-order valence-corrected chi connectivity index (χ3v) is 3.41. The van der Waals surface area contributed by atoms with Crippen molar-refractivity contribution in [3.63, 3.8) is 0 Å². The molecule has 0 aliphatic rings. The Hall–Kier alpha value is -2.46. The second-order valence-corrected chi connectivity index (χ2v) is 5.28. The highest BCUT2D eigenvalue weighted by Crippen LogP contribution is 2.20.